The number of carbonyl (C=O) groups is 1. The molecule has 144 valence electrons. The van der Waals surface area contributed by atoms with Gasteiger partial charge in [-0.2, -0.15) is 5.10 Å². The van der Waals surface area contributed by atoms with Crippen LogP contribution in [0.2, 0.25) is 5.02 Å². The number of hydrogen-bond acceptors (Lipinski definition) is 2. The predicted octanol–water partition coefficient (Wildman–Crippen LogP) is 4.86. The van der Waals surface area contributed by atoms with Crippen LogP contribution in [0.4, 0.5) is 0 Å². The third-order valence-corrected chi connectivity index (χ3v) is 5.46. The van der Waals surface area contributed by atoms with Crippen LogP contribution < -0.4 is 0 Å². The van der Waals surface area contributed by atoms with E-state index in [0.717, 1.165) is 47.0 Å². The molecule has 0 radical (unpaired) electrons. The van der Waals surface area contributed by atoms with Gasteiger partial charge in [0, 0.05) is 35.4 Å². The highest BCUT2D eigenvalue weighted by Crippen LogP contribution is 2.30. The maximum absolute atomic E-state index is 12.6. The van der Waals surface area contributed by atoms with Gasteiger partial charge in [-0.3, -0.25) is 9.48 Å². The summed E-state index contributed by atoms with van der Waals surface area (Å²) >= 11 is 6.28. The van der Waals surface area contributed by atoms with Crippen LogP contribution in [0.25, 0.3) is 6.08 Å². The van der Waals surface area contributed by atoms with Crippen LogP contribution in [0.3, 0.4) is 0 Å². The first-order valence-corrected chi connectivity index (χ1v) is 10.1. The number of aryl methyl sites for hydroxylation is 1. The van der Waals surface area contributed by atoms with Crippen molar-refractivity contribution in [2.75, 3.05) is 13.1 Å². The van der Waals surface area contributed by atoms with Crippen molar-refractivity contribution < 1.29 is 4.79 Å². The lowest BCUT2D eigenvalue weighted by Gasteiger charge is -2.20. The minimum atomic E-state index is 0.0985. The number of aromatic nitrogens is 2. The molecule has 1 aliphatic carbocycles. The van der Waals surface area contributed by atoms with Crippen LogP contribution in [0.5, 0.6) is 0 Å². The number of carbonyl (C=O) groups excluding carboxylic acids is 1. The summed E-state index contributed by atoms with van der Waals surface area (Å²) in [7, 11) is 0. The summed E-state index contributed by atoms with van der Waals surface area (Å²) in [5.41, 5.74) is 4.02. The molecule has 0 saturated heterocycles. The van der Waals surface area contributed by atoms with Crippen LogP contribution in [0, 0.1) is 19.8 Å². The lowest BCUT2D eigenvalue weighted by atomic mass is 10.1. The predicted molar refractivity (Wildman–Crippen MR) is 111 cm³/mol. The standard InChI is InChI=1S/C22H28ClN3O/c1-4-13-25(14-18-9-10-18)22(27)12-11-20-16(2)24-26(17(20)3)15-19-7-5-6-8-21(19)23/h5-8,11-12,18H,4,9-10,13-15H2,1-3H3/b12-11+. The SMILES string of the molecule is CCCN(CC1CC1)C(=O)/C=C/c1c(C)nn(Cc2ccccc2Cl)c1C. The summed E-state index contributed by atoms with van der Waals surface area (Å²) in [6.45, 7) is 8.47. The van der Waals surface area contributed by atoms with Crippen molar-refractivity contribution in [1.82, 2.24) is 14.7 Å². The van der Waals surface area contributed by atoms with E-state index in [4.69, 9.17) is 11.6 Å². The van der Waals surface area contributed by atoms with Gasteiger partial charge in [-0.25, -0.2) is 0 Å². The highest BCUT2D eigenvalue weighted by Gasteiger charge is 2.25. The van der Waals surface area contributed by atoms with Crippen molar-refractivity contribution in [3.05, 3.63) is 57.9 Å². The molecule has 4 nitrogen and oxygen atoms in total. The largest absolute Gasteiger partial charge is 0.339 e. The molecular formula is C22H28ClN3O. The molecule has 0 unspecified atom stereocenters. The quantitative estimate of drug-likeness (QED) is 0.608. The number of benzene rings is 1. The van der Waals surface area contributed by atoms with Crippen LogP contribution in [0.1, 0.15) is 48.7 Å². The number of hydrogen-bond donors (Lipinski definition) is 0. The topological polar surface area (TPSA) is 38.1 Å². The van der Waals surface area contributed by atoms with Gasteiger partial charge in [-0.15, -0.1) is 0 Å². The molecule has 2 aromatic rings. The minimum Gasteiger partial charge on any atom is -0.339 e. The van der Waals surface area contributed by atoms with E-state index in [0.29, 0.717) is 12.5 Å². The van der Waals surface area contributed by atoms with Gasteiger partial charge in [0.05, 0.1) is 12.2 Å². The first-order valence-electron chi connectivity index (χ1n) is 9.74. The molecule has 1 saturated carbocycles. The highest BCUT2D eigenvalue weighted by molar-refractivity contribution is 6.31. The van der Waals surface area contributed by atoms with Crippen molar-refractivity contribution in [2.45, 2.75) is 46.6 Å². The van der Waals surface area contributed by atoms with Crippen LogP contribution in [-0.2, 0) is 11.3 Å². The van der Waals surface area contributed by atoms with Crippen molar-refractivity contribution in [3.8, 4) is 0 Å². The lowest BCUT2D eigenvalue weighted by Crippen LogP contribution is -2.32. The Morgan fingerprint density at radius 2 is 2.07 bits per heavy atom. The summed E-state index contributed by atoms with van der Waals surface area (Å²) in [6.07, 6.45) is 7.11. The molecule has 27 heavy (non-hydrogen) atoms. The van der Waals surface area contributed by atoms with Gasteiger partial charge in [-0.05, 0) is 56.7 Å². The van der Waals surface area contributed by atoms with Gasteiger partial charge in [0.2, 0.25) is 5.91 Å². The molecular weight excluding hydrogens is 358 g/mol. The number of amides is 1. The second-order valence-corrected chi connectivity index (χ2v) is 7.80. The molecule has 1 fully saturated rings. The van der Waals surface area contributed by atoms with Gasteiger partial charge in [0.15, 0.2) is 0 Å². The van der Waals surface area contributed by atoms with E-state index in [9.17, 15) is 4.79 Å². The van der Waals surface area contributed by atoms with E-state index >= 15 is 0 Å². The Hall–Kier alpha value is -2.07. The van der Waals surface area contributed by atoms with E-state index in [1.54, 1.807) is 6.08 Å². The third kappa shape index (κ3) is 5.01. The van der Waals surface area contributed by atoms with Gasteiger partial charge in [0.1, 0.15) is 0 Å². The molecule has 0 atom stereocenters. The Kier molecular flexibility index (Phi) is 6.38. The van der Waals surface area contributed by atoms with Crippen molar-refractivity contribution >= 4 is 23.6 Å². The summed E-state index contributed by atoms with van der Waals surface area (Å²) in [6, 6.07) is 7.81. The first-order chi connectivity index (χ1) is 13.0. The summed E-state index contributed by atoms with van der Waals surface area (Å²) in [5.74, 6) is 0.803. The summed E-state index contributed by atoms with van der Waals surface area (Å²) in [5, 5.41) is 5.39. The van der Waals surface area contributed by atoms with Gasteiger partial charge >= 0.3 is 0 Å². The average Bonchev–Trinajstić information content (AvgIpc) is 3.42. The fourth-order valence-electron chi connectivity index (χ4n) is 3.33. The van der Waals surface area contributed by atoms with E-state index in [1.165, 1.54) is 12.8 Å². The van der Waals surface area contributed by atoms with Crippen LogP contribution in [-0.4, -0.2) is 33.7 Å². The third-order valence-electron chi connectivity index (χ3n) is 5.09. The van der Waals surface area contributed by atoms with E-state index < -0.39 is 0 Å². The van der Waals surface area contributed by atoms with E-state index in [-0.39, 0.29) is 5.91 Å². The second kappa shape index (κ2) is 8.75. The lowest BCUT2D eigenvalue weighted by molar-refractivity contribution is -0.126. The molecule has 1 heterocycles. The Bertz CT molecular complexity index is 836. The molecule has 0 bridgehead atoms. The average molecular weight is 386 g/mol. The number of halogens is 1. The molecule has 1 amide bonds. The van der Waals surface area contributed by atoms with E-state index in [1.807, 2.05) is 53.8 Å². The maximum atomic E-state index is 12.6. The smallest absolute Gasteiger partial charge is 0.246 e. The van der Waals surface area contributed by atoms with Crippen molar-refractivity contribution in [3.63, 3.8) is 0 Å². The zero-order valence-corrected chi connectivity index (χ0v) is 17.2. The summed E-state index contributed by atoms with van der Waals surface area (Å²) < 4.78 is 1.95. The van der Waals surface area contributed by atoms with E-state index in [2.05, 4.69) is 12.0 Å². The van der Waals surface area contributed by atoms with Gasteiger partial charge in [0.25, 0.3) is 0 Å². The number of nitrogens with zero attached hydrogens (tertiary/aromatic N) is 3. The van der Waals surface area contributed by atoms with Crippen LogP contribution in [0.15, 0.2) is 30.3 Å². The normalized spacial score (nSPS) is 14.1. The number of rotatable bonds is 8. The second-order valence-electron chi connectivity index (χ2n) is 7.39. The fraction of sp³-hybridized carbons (Fsp3) is 0.455. The Morgan fingerprint density at radius 3 is 2.74 bits per heavy atom. The Labute approximate surface area is 166 Å². The molecule has 0 aliphatic heterocycles. The monoisotopic (exact) mass is 385 g/mol. The van der Waals surface area contributed by atoms with Crippen LogP contribution >= 0.6 is 11.6 Å². The van der Waals surface area contributed by atoms with Gasteiger partial charge < -0.3 is 4.90 Å². The first kappa shape index (κ1) is 19.7. The van der Waals surface area contributed by atoms with Crippen molar-refractivity contribution in [1.29, 1.82) is 0 Å². The molecule has 1 aromatic heterocycles. The summed E-state index contributed by atoms with van der Waals surface area (Å²) in [4.78, 5) is 14.6. The zero-order valence-electron chi connectivity index (χ0n) is 16.4. The molecule has 5 heteroatoms. The Balaban J connectivity index is 1.74. The molecule has 0 N–H and O–H groups in total. The van der Waals surface area contributed by atoms with Crippen molar-refractivity contribution in [2.24, 2.45) is 5.92 Å². The zero-order chi connectivity index (χ0) is 19.4. The highest BCUT2D eigenvalue weighted by atomic mass is 35.5. The van der Waals surface area contributed by atoms with Gasteiger partial charge in [-0.1, -0.05) is 36.7 Å². The fourth-order valence-corrected chi connectivity index (χ4v) is 3.52. The molecule has 1 aliphatic rings. The maximum Gasteiger partial charge on any atom is 0.246 e. The Morgan fingerprint density at radius 1 is 1.33 bits per heavy atom. The molecule has 1 aromatic carbocycles. The molecule has 0 spiro atoms. The molecule has 3 rings (SSSR count). The minimum absolute atomic E-state index is 0.0985.